The van der Waals surface area contributed by atoms with Gasteiger partial charge in [0.15, 0.2) is 0 Å². The summed E-state index contributed by atoms with van der Waals surface area (Å²) in [6.45, 7) is 4.28. The van der Waals surface area contributed by atoms with Crippen LogP contribution in [0.3, 0.4) is 0 Å². The van der Waals surface area contributed by atoms with Crippen LogP contribution in [0.4, 0.5) is 0 Å². The van der Waals surface area contributed by atoms with Crippen molar-refractivity contribution in [3.05, 3.63) is 34.3 Å². The third kappa shape index (κ3) is 3.82. The van der Waals surface area contributed by atoms with Crippen LogP contribution in [0.25, 0.3) is 0 Å². The summed E-state index contributed by atoms with van der Waals surface area (Å²) in [5, 5.41) is 2.97. The highest BCUT2D eigenvalue weighted by Gasteiger charge is 2.11. The highest BCUT2D eigenvalue weighted by Crippen LogP contribution is 2.15. The monoisotopic (exact) mass is 310 g/mol. The van der Waals surface area contributed by atoms with Crippen LogP contribution in [0.5, 0.6) is 0 Å². The number of benzene rings is 1. The second-order valence-electron chi connectivity index (χ2n) is 4.64. The van der Waals surface area contributed by atoms with E-state index in [2.05, 4.69) is 26.1 Å². The van der Waals surface area contributed by atoms with Crippen LogP contribution in [-0.2, 0) is 0 Å². The van der Waals surface area contributed by atoms with Crippen LogP contribution in [0.1, 0.15) is 29.6 Å². The quantitative estimate of drug-likeness (QED) is 0.848. The Morgan fingerprint density at radius 3 is 2.72 bits per heavy atom. The average molecular weight is 311 g/mol. The Kier molecular flexibility index (Phi) is 5.20. The fourth-order valence-electron chi connectivity index (χ4n) is 2.25. The molecule has 1 aliphatic rings. The zero-order chi connectivity index (χ0) is 12.8. The highest BCUT2D eigenvalue weighted by molar-refractivity contribution is 9.10. The molecule has 0 atom stereocenters. The number of carbonyl (C=O) groups excluding carboxylic acids is 1. The molecule has 0 radical (unpaired) electrons. The molecule has 0 unspecified atom stereocenters. The number of nitrogens with one attached hydrogen (secondary N) is 1. The Balaban J connectivity index is 1.70. The molecule has 4 heteroatoms. The van der Waals surface area contributed by atoms with Crippen LogP contribution in [0.2, 0.25) is 0 Å². The molecule has 1 saturated heterocycles. The molecule has 1 aromatic carbocycles. The zero-order valence-corrected chi connectivity index (χ0v) is 12.1. The van der Waals surface area contributed by atoms with Gasteiger partial charge in [0.05, 0.1) is 5.56 Å². The Hall–Kier alpha value is -0.870. The molecule has 0 spiro atoms. The Morgan fingerprint density at radius 2 is 2.00 bits per heavy atom. The molecular formula is C14H19BrN2O. The number of halogens is 1. The van der Waals surface area contributed by atoms with Gasteiger partial charge in [0, 0.05) is 11.0 Å². The molecule has 1 heterocycles. The van der Waals surface area contributed by atoms with Gasteiger partial charge in [-0.1, -0.05) is 12.1 Å². The van der Waals surface area contributed by atoms with Crippen molar-refractivity contribution in [3.63, 3.8) is 0 Å². The van der Waals surface area contributed by atoms with Gasteiger partial charge in [0.1, 0.15) is 0 Å². The minimum atomic E-state index is 0.00361. The summed E-state index contributed by atoms with van der Waals surface area (Å²) in [5.41, 5.74) is 0.707. The second-order valence-corrected chi connectivity index (χ2v) is 5.49. The predicted octanol–water partition coefficient (Wildman–Crippen LogP) is 2.66. The van der Waals surface area contributed by atoms with Crippen molar-refractivity contribution in [1.82, 2.24) is 10.2 Å². The van der Waals surface area contributed by atoms with Crippen LogP contribution < -0.4 is 5.32 Å². The summed E-state index contributed by atoms with van der Waals surface area (Å²) in [7, 11) is 0. The van der Waals surface area contributed by atoms with E-state index < -0.39 is 0 Å². The topological polar surface area (TPSA) is 32.3 Å². The predicted molar refractivity (Wildman–Crippen MR) is 76.8 cm³/mol. The van der Waals surface area contributed by atoms with Gasteiger partial charge in [0.25, 0.3) is 5.91 Å². The average Bonchev–Trinajstić information content (AvgIpc) is 2.88. The van der Waals surface area contributed by atoms with E-state index in [9.17, 15) is 4.79 Å². The normalized spacial score (nSPS) is 15.8. The maximum absolute atomic E-state index is 11.9. The zero-order valence-electron chi connectivity index (χ0n) is 10.5. The fraction of sp³-hybridized carbons (Fsp3) is 0.500. The van der Waals surface area contributed by atoms with Crippen molar-refractivity contribution < 1.29 is 4.79 Å². The smallest absolute Gasteiger partial charge is 0.252 e. The number of carbonyl (C=O) groups is 1. The van der Waals surface area contributed by atoms with Crippen molar-refractivity contribution in [3.8, 4) is 0 Å². The van der Waals surface area contributed by atoms with E-state index in [1.165, 1.54) is 25.9 Å². The van der Waals surface area contributed by atoms with Crippen molar-refractivity contribution in [2.75, 3.05) is 26.2 Å². The van der Waals surface area contributed by atoms with Crippen molar-refractivity contribution >= 4 is 21.8 Å². The summed E-state index contributed by atoms with van der Waals surface area (Å²) >= 11 is 3.39. The molecule has 3 nitrogen and oxygen atoms in total. The van der Waals surface area contributed by atoms with Gasteiger partial charge in [-0.2, -0.15) is 0 Å². The lowest BCUT2D eigenvalue weighted by atomic mass is 10.2. The number of hydrogen-bond acceptors (Lipinski definition) is 2. The summed E-state index contributed by atoms with van der Waals surface area (Å²) < 4.78 is 0.849. The van der Waals surface area contributed by atoms with Crippen LogP contribution in [0, 0.1) is 0 Å². The molecule has 2 rings (SSSR count). The summed E-state index contributed by atoms with van der Waals surface area (Å²) in [6.07, 6.45) is 3.67. The van der Waals surface area contributed by atoms with Gasteiger partial charge in [-0.05, 0) is 67.0 Å². The van der Waals surface area contributed by atoms with Gasteiger partial charge >= 0.3 is 0 Å². The van der Waals surface area contributed by atoms with Crippen LogP contribution in [-0.4, -0.2) is 37.0 Å². The van der Waals surface area contributed by atoms with Gasteiger partial charge in [-0.15, -0.1) is 0 Å². The van der Waals surface area contributed by atoms with Gasteiger partial charge in [-0.25, -0.2) is 0 Å². The summed E-state index contributed by atoms with van der Waals surface area (Å²) in [4.78, 5) is 14.4. The number of amides is 1. The largest absolute Gasteiger partial charge is 0.352 e. The maximum Gasteiger partial charge on any atom is 0.252 e. The first kappa shape index (κ1) is 13.6. The van der Waals surface area contributed by atoms with E-state index in [1.807, 2.05) is 24.3 Å². The maximum atomic E-state index is 11.9. The number of hydrogen-bond donors (Lipinski definition) is 1. The lowest BCUT2D eigenvalue weighted by molar-refractivity contribution is 0.0951. The van der Waals surface area contributed by atoms with Gasteiger partial charge in [0.2, 0.25) is 0 Å². The molecule has 98 valence electrons. The Bertz CT molecular complexity index is 403. The lowest BCUT2D eigenvalue weighted by Crippen LogP contribution is -2.28. The van der Waals surface area contributed by atoms with Gasteiger partial charge in [-0.3, -0.25) is 4.79 Å². The third-order valence-electron chi connectivity index (χ3n) is 3.25. The summed E-state index contributed by atoms with van der Waals surface area (Å²) in [5.74, 6) is 0.00361. The van der Waals surface area contributed by atoms with E-state index in [1.54, 1.807) is 0 Å². The third-order valence-corrected chi connectivity index (χ3v) is 3.95. The van der Waals surface area contributed by atoms with Gasteiger partial charge < -0.3 is 10.2 Å². The molecular weight excluding hydrogens is 292 g/mol. The van der Waals surface area contributed by atoms with E-state index in [-0.39, 0.29) is 5.91 Å². The Labute approximate surface area is 117 Å². The standard InChI is InChI=1S/C14H19BrN2O/c15-13-7-2-1-6-12(13)14(18)16-8-5-11-17-9-3-4-10-17/h1-2,6-7H,3-5,8-11H2,(H,16,18). The first-order chi connectivity index (χ1) is 8.77. The van der Waals surface area contributed by atoms with Crippen molar-refractivity contribution in [2.45, 2.75) is 19.3 Å². The molecule has 0 saturated carbocycles. The lowest BCUT2D eigenvalue weighted by Gasteiger charge is -2.14. The molecule has 1 aromatic rings. The highest BCUT2D eigenvalue weighted by atomic mass is 79.9. The van der Waals surface area contributed by atoms with Crippen LogP contribution >= 0.6 is 15.9 Å². The minimum Gasteiger partial charge on any atom is -0.352 e. The van der Waals surface area contributed by atoms with Crippen molar-refractivity contribution in [1.29, 1.82) is 0 Å². The molecule has 1 amide bonds. The summed E-state index contributed by atoms with van der Waals surface area (Å²) in [6, 6.07) is 7.51. The van der Waals surface area contributed by atoms with E-state index >= 15 is 0 Å². The van der Waals surface area contributed by atoms with E-state index in [0.29, 0.717) is 5.56 Å². The minimum absolute atomic E-state index is 0.00361. The molecule has 0 aliphatic carbocycles. The second kappa shape index (κ2) is 6.90. The van der Waals surface area contributed by atoms with E-state index in [4.69, 9.17) is 0 Å². The number of likely N-dealkylation sites (tertiary alicyclic amines) is 1. The number of nitrogens with zero attached hydrogens (tertiary/aromatic N) is 1. The molecule has 0 aromatic heterocycles. The number of rotatable bonds is 5. The molecule has 18 heavy (non-hydrogen) atoms. The Morgan fingerprint density at radius 1 is 1.28 bits per heavy atom. The molecule has 0 bridgehead atoms. The molecule has 1 N–H and O–H groups in total. The first-order valence-electron chi connectivity index (χ1n) is 6.52. The molecule has 1 fully saturated rings. The SMILES string of the molecule is O=C(NCCCN1CCCC1)c1ccccc1Br. The van der Waals surface area contributed by atoms with Crippen LogP contribution in [0.15, 0.2) is 28.7 Å². The molecule has 1 aliphatic heterocycles. The van der Waals surface area contributed by atoms with Crippen molar-refractivity contribution in [2.24, 2.45) is 0 Å². The first-order valence-corrected chi connectivity index (χ1v) is 7.32. The van der Waals surface area contributed by atoms with E-state index in [0.717, 1.165) is 24.0 Å². The fourth-order valence-corrected chi connectivity index (χ4v) is 2.72.